The predicted octanol–water partition coefficient (Wildman–Crippen LogP) is 3.65. The Morgan fingerprint density at radius 2 is 2.06 bits per heavy atom. The van der Waals surface area contributed by atoms with E-state index in [0.29, 0.717) is 5.92 Å². The molecule has 0 saturated heterocycles. The topological polar surface area (TPSA) is 37.8 Å². The summed E-state index contributed by atoms with van der Waals surface area (Å²) in [4.78, 5) is 9.13. The Morgan fingerprint density at radius 1 is 1.35 bits per heavy atom. The molecule has 2 rings (SSSR count). The summed E-state index contributed by atoms with van der Waals surface area (Å²) in [6, 6.07) is 2.08. The number of hydrogen-bond donors (Lipinski definition) is 1. The van der Waals surface area contributed by atoms with Crippen LogP contribution in [0.5, 0.6) is 0 Å². The molecule has 3 heteroatoms. The molecule has 1 aromatic rings. The Hall–Kier alpha value is -1.12. The lowest BCUT2D eigenvalue weighted by Gasteiger charge is -2.42. The molecule has 1 fully saturated rings. The number of nitrogens with zero attached hydrogens (tertiary/aromatic N) is 2. The van der Waals surface area contributed by atoms with E-state index in [1.165, 1.54) is 19.3 Å². The van der Waals surface area contributed by atoms with Crippen molar-refractivity contribution in [3.63, 3.8) is 0 Å². The second-order valence-electron chi connectivity index (χ2n) is 5.52. The first-order valence-corrected chi connectivity index (χ1v) is 6.68. The molecule has 0 aromatic carbocycles. The normalized spacial score (nSPS) is 17.9. The Labute approximate surface area is 104 Å². The van der Waals surface area contributed by atoms with Crippen molar-refractivity contribution in [2.75, 3.05) is 5.32 Å². The Bertz CT molecular complexity index is 389. The summed E-state index contributed by atoms with van der Waals surface area (Å²) < 4.78 is 0. The quantitative estimate of drug-likeness (QED) is 0.862. The van der Waals surface area contributed by atoms with Gasteiger partial charge in [-0.25, -0.2) is 9.97 Å². The Morgan fingerprint density at radius 3 is 2.53 bits per heavy atom. The smallest absolute Gasteiger partial charge is 0.223 e. The van der Waals surface area contributed by atoms with Gasteiger partial charge in [-0.05, 0) is 44.6 Å². The van der Waals surface area contributed by atoms with Crippen LogP contribution >= 0.6 is 0 Å². The van der Waals surface area contributed by atoms with Crippen LogP contribution in [-0.4, -0.2) is 15.5 Å². The molecular weight excluding hydrogens is 210 g/mol. The van der Waals surface area contributed by atoms with Crippen molar-refractivity contribution in [3.05, 3.63) is 17.5 Å². The van der Waals surface area contributed by atoms with Gasteiger partial charge in [-0.3, -0.25) is 0 Å². The van der Waals surface area contributed by atoms with Gasteiger partial charge in [-0.2, -0.15) is 0 Å². The second-order valence-corrected chi connectivity index (χ2v) is 5.52. The zero-order valence-corrected chi connectivity index (χ0v) is 11.4. The van der Waals surface area contributed by atoms with Crippen LogP contribution in [0.2, 0.25) is 0 Å². The Kier molecular flexibility index (Phi) is 3.36. The molecule has 0 aliphatic heterocycles. The lowest BCUT2D eigenvalue weighted by molar-refractivity contribution is 0.268. The number of aryl methyl sites for hydroxylation is 1. The lowest BCUT2D eigenvalue weighted by Crippen LogP contribution is -2.44. The van der Waals surface area contributed by atoms with Gasteiger partial charge in [0.15, 0.2) is 0 Å². The maximum Gasteiger partial charge on any atom is 0.223 e. The molecule has 1 N–H and O–H groups in total. The third kappa shape index (κ3) is 2.59. The van der Waals surface area contributed by atoms with E-state index in [9.17, 15) is 0 Å². The van der Waals surface area contributed by atoms with Crippen molar-refractivity contribution in [3.8, 4) is 0 Å². The van der Waals surface area contributed by atoms with Crippen LogP contribution in [0.25, 0.3) is 0 Å². The Balaban J connectivity index is 2.20. The van der Waals surface area contributed by atoms with Crippen LogP contribution < -0.4 is 5.32 Å². The van der Waals surface area contributed by atoms with Gasteiger partial charge in [0.25, 0.3) is 0 Å². The highest BCUT2D eigenvalue weighted by molar-refractivity contribution is 5.34. The summed E-state index contributed by atoms with van der Waals surface area (Å²) >= 11 is 0. The van der Waals surface area contributed by atoms with E-state index < -0.39 is 0 Å². The minimum Gasteiger partial charge on any atom is -0.349 e. The predicted molar refractivity (Wildman–Crippen MR) is 71.4 cm³/mol. The zero-order chi connectivity index (χ0) is 12.5. The van der Waals surface area contributed by atoms with Gasteiger partial charge in [-0.15, -0.1) is 0 Å². The first-order valence-electron chi connectivity index (χ1n) is 6.68. The maximum absolute atomic E-state index is 4.63. The summed E-state index contributed by atoms with van der Waals surface area (Å²) in [6.07, 6.45) is 4.97. The van der Waals surface area contributed by atoms with Gasteiger partial charge >= 0.3 is 0 Å². The van der Waals surface area contributed by atoms with Gasteiger partial charge in [0.05, 0.1) is 0 Å². The molecule has 17 heavy (non-hydrogen) atoms. The van der Waals surface area contributed by atoms with E-state index in [0.717, 1.165) is 23.8 Å². The fourth-order valence-electron chi connectivity index (χ4n) is 2.35. The highest BCUT2D eigenvalue weighted by Crippen LogP contribution is 2.37. The molecule has 1 saturated carbocycles. The molecule has 1 heterocycles. The van der Waals surface area contributed by atoms with Gasteiger partial charge < -0.3 is 5.32 Å². The monoisotopic (exact) mass is 233 g/mol. The van der Waals surface area contributed by atoms with Gasteiger partial charge in [0.2, 0.25) is 5.95 Å². The molecule has 1 aliphatic carbocycles. The van der Waals surface area contributed by atoms with E-state index in [1.807, 2.05) is 6.92 Å². The molecule has 1 aromatic heterocycles. The van der Waals surface area contributed by atoms with Crippen LogP contribution in [0.15, 0.2) is 6.07 Å². The third-order valence-electron chi connectivity index (χ3n) is 3.83. The van der Waals surface area contributed by atoms with Gasteiger partial charge in [-0.1, -0.05) is 20.8 Å². The molecule has 0 atom stereocenters. The summed E-state index contributed by atoms with van der Waals surface area (Å²) in [5.74, 6) is 1.27. The molecule has 0 amide bonds. The van der Waals surface area contributed by atoms with E-state index in [4.69, 9.17) is 0 Å². The first-order chi connectivity index (χ1) is 8.04. The number of hydrogen-bond acceptors (Lipinski definition) is 3. The van der Waals surface area contributed by atoms with Crippen LogP contribution in [0.3, 0.4) is 0 Å². The molecular formula is C14H23N3. The largest absolute Gasteiger partial charge is 0.349 e. The number of nitrogens with one attached hydrogen (secondary N) is 1. The molecule has 94 valence electrons. The third-order valence-corrected chi connectivity index (χ3v) is 3.83. The summed E-state index contributed by atoms with van der Waals surface area (Å²) in [6.45, 7) is 8.62. The van der Waals surface area contributed by atoms with Crippen LogP contribution in [-0.2, 0) is 0 Å². The number of anilines is 1. The maximum atomic E-state index is 4.63. The van der Waals surface area contributed by atoms with E-state index in [1.54, 1.807) is 0 Å². The molecule has 0 bridgehead atoms. The lowest BCUT2D eigenvalue weighted by atomic mass is 9.75. The van der Waals surface area contributed by atoms with E-state index in [-0.39, 0.29) is 5.54 Å². The molecule has 0 spiro atoms. The average Bonchev–Trinajstić information content (AvgIpc) is 2.22. The minimum absolute atomic E-state index is 0.266. The summed E-state index contributed by atoms with van der Waals surface area (Å²) in [5.41, 5.74) is 2.45. The van der Waals surface area contributed by atoms with E-state index >= 15 is 0 Å². The average molecular weight is 233 g/mol. The number of rotatable bonds is 4. The minimum atomic E-state index is 0.266. The van der Waals surface area contributed by atoms with Crippen molar-refractivity contribution in [1.82, 2.24) is 9.97 Å². The van der Waals surface area contributed by atoms with E-state index in [2.05, 4.69) is 42.1 Å². The molecule has 0 unspecified atom stereocenters. The standard InChI is InChI=1S/C14H23N3/c1-5-14(7-6-8-14)17-13-15-11(4)9-12(16-13)10(2)3/h9-10H,5-8H2,1-4H3,(H,15,16,17). The van der Waals surface area contributed by atoms with Crippen LogP contribution in [0.1, 0.15) is 63.8 Å². The highest BCUT2D eigenvalue weighted by Gasteiger charge is 2.35. The fourth-order valence-corrected chi connectivity index (χ4v) is 2.35. The van der Waals surface area contributed by atoms with Crippen LogP contribution in [0, 0.1) is 6.92 Å². The first kappa shape index (κ1) is 12.3. The SMILES string of the molecule is CCC1(Nc2nc(C)cc(C(C)C)n2)CCC1. The molecule has 1 aliphatic rings. The summed E-state index contributed by atoms with van der Waals surface area (Å²) in [7, 11) is 0. The van der Waals surface area contributed by atoms with Gasteiger partial charge in [0, 0.05) is 16.9 Å². The van der Waals surface area contributed by atoms with Gasteiger partial charge in [0.1, 0.15) is 0 Å². The fraction of sp³-hybridized carbons (Fsp3) is 0.714. The van der Waals surface area contributed by atoms with Crippen molar-refractivity contribution >= 4 is 5.95 Å². The van der Waals surface area contributed by atoms with Crippen molar-refractivity contribution in [1.29, 1.82) is 0 Å². The molecule has 0 radical (unpaired) electrons. The van der Waals surface area contributed by atoms with Crippen LogP contribution in [0.4, 0.5) is 5.95 Å². The van der Waals surface area contributed by atoms with Crippen molar-refractivity contribution in [2.24, 2.45) is 0 Å². The summed E-state index contributed by atoms with van der Waals surface area (Å²) in [5, 5.41) is 3.56. The second kappa shape index (κ2) is 4.63. The number of aromatic nitrogens is 2. The van der Waals surface area contributed by atoms with Crippen molar-refractivity contribution < 1.29 is 0 Å². The highest BCUT2D eigenvalue weighted by atomic mass is 15.2. The molecule has 3 nitrogen and oxygen atoms in total. The zero-order valence-electron chi connectivity index (χ0n) is 11.4. The van der Waals surface area contributed by atoms with Crippen molar-refractivity contribution in [2.45, 2.75) is 64.8 Å².